The summed E-state index contributed by atoms with van der Waals surface area (Å²) in [6.07, 6.45) is 2.07. The Balaban J connectivity index is 3.23. The maximum atomic E-state index is 10.6. The van der Waals surface area contributed by atoms with Gasteiger partial charge in [-0.05, 0) is 12.8 Å². The molecule has 0 saturated carbocycles. The van der Waals surface area contributed by atoms with Crippen LogP contribution in [0.5, 0.6) is 0 Å². The number of unbranched alkanes of at least 4 members (excludes halogenated alkanes) is 2. The van der Waals surface area contributed by atoms with Gasteiger partial charge in [0.25, 0.3) is 6.57 Å². The van der Waals surface area contributed by atoms with Crippen LogP contribution in [0.15, 0.2) is 0 Å². The van der Waals surface area contributed by atoms with Crippen LogP contribution in [0.2, 0.25) is 0 Å². The quantitative estimate of drug-likeness (QED) is 0.356. The van der Waals surface area contributed by atoms with Crippen molar-refractivity contribution >= 4 is 24.8 Å². The maximum Gasteiger partial charge on any atom is 0.303 e. The van der Waals surface area contributed by atoms with Gasteiger partial charge in [0.1, 0.15) is 0 Å². The Morgan fingerprint density at radius 3 is 2.33 bits per heavy atom. The number of carboxylic acids is 1. The van der Waals surface area contributed by atoms with Gasteiger partial charge in [0.2, 0.25) is 0 Å². The Morgan fingerprint density at radius 2 is 1.92 bits per heavy atom. The van der Waals surface area contributed by atoms with Crippen molar-refractivity contribution in [2.45, 2.75) is 25.7 Å². The van der Waals surface area contributed by atoms with Gasteiger partial charge in [-0.1, -0.05) is 18.7 Å². The fourth-order valence-electron chi connectivity index (χ4n) is 0.771. The zero-order valence-corrected chi connectivity index (χ0v) is 8.43. The normalized spacial score (nSPS) is 15.5. The second-order valence-corrected chi connectivity index (χ2v) is 6.24. The molecule has 12 heavy (non-hydrogen) atoms. The second-order valence-electron chi connectivity index (χ2n) is 2.59. The van der Waals surface area contributed by atoms with E-state index in [4.69, 9.17) is 10.00 Å². The van der Waals surface area contributed by atoms with E-state index in [2.05, 4.69) is 12.2 Å². The van der Waals surface area contributed by atoms with Crippen LogP contribution in [0.3, 0.4) is 0 Å². The van der Waals surface area contributed by atoms with Crippen molar-refractivity contribution in [3.8, 4) is 0 Å². The van der Waals surface area contributed by atoms with E-state index in [1.54, 1.807) is 0 Å². The van der Waals surface area contributed by atoms with Gasteiger partial charge in [0.05, 0.1) is 0 Å². The third kappa shape index (κ3) is 10.0. The van der Waals surface area contributed by atoms with Crippen molar-refractivity contribution < 1.29 is 19.4 Å². The second kappa shape index (κ2) is 5.62. The van der Waals surface area contributed by atoms with Crippen LogP contribution in [-0.2, 0) is 9.36 Å². The van der Waals surface area contributed by atoms with Crippen LogP contribution < -0.4 is 0 Å². The molecule has 0 aliphatic heterocycles. The Bertz CT molecular complexity index is 188. The molecule has 0 fully saturated rings. The molecule has 0 rings (SSSR count). The molecule has 0 aliphatic rings. The van der Waals surface area contributed by atoms with Crippen LogP contribution >= 0.6 is 18.8 Å². The predicted molar refractivity (Wildman–Crippen MR) is 49.8 cm³/mol. The molecular formula is C6H13O4PS. The summed E-state index contributed by atoms with van der Waals surface area (Å²) >= 11 is 3.49. The van der Waals surface area contributed by atoms with Crippen LogP contribution in [-0.4, -0.2) is 22.1 Å². The fraction of sp³-hybridized carbons (Fsp3) is 0.833. The first-order valence-electron chi connectivity index (χ1n) is 3.68. The summed E-state index contributed by atoms with van der Waals surface area (Å²) in [5, 5.41) is 8.25. The predicted octanol–water partition coefficient (Wildman–Crippen LogP) is 1.75. The van der Waals surface area contributed by atoms with E-state index in [-0.39, 0.29) is 12.6 Å². The highest BCUT2D eigenvalue weighted by Gasteiger charge is 2.09. The zero-order chi connectivity index (χ0) is 9.61. The summed E-state index contributed by atoms with van der Waals surface area (Å²) in [5.41, 5.74) is 0. The number of hydrogen-bond donors (Lipinski definition) is 3. The third-order valence-electron chi connectivity index (χ3n) is 1.34. The van der Waals surface area contributed by atoms with Crippen LogP contribution in [0.25, 0.3) is 0 Å². The molecule has 1 atom stereocenters. The van der Waals surface area contributed by atoms with E-state index in [0.717, 1.165) is 0 Å². The molecule has 1 unspecified atom stereocenters. The van der Waals surface area contributed by atoms with Gasteiger partial charge >= 0.3 is 5.97 Å². The first-order chi connectivity index (χ1) is 5.42. The molecule has 0 amide bonds. The summed E-state index contributed by atoms with van der Waals surface area (Å²) in [6.45, 7) is -3.18. The van der Waals surface area contributed by atoms with Gasteiger partial charge in [-0.25, -0.2) is 0 Å². The van der Waals surface area contributed by atoms with Crippen molar-refractivity contribution in [3.05, 3.63) is 0 Å². The Labute approximate surface area is 76.6 Å². The molecule has 0 aromatic rings. The Hall–Kier alpha value is 0.01000. The minimum Gasteiger partial charge on any atom is -0.481 e. The summed E-state index contributed by atoms with van der Waals surface area (Å²) in [5.74, 6) is -0.826. The molecule has 0 aliphatic carbocycles. The zero-order valence-electron chi connectivity index (χ0n) is 6.64. The molecule has 2 N–H and O–H groups in total. The van der Waals surface area contributed by atoms with Gasteiger partial charge in [-0.15, -0.1) is 0 Å². The summed E-state index contributed by atoms with van der Waals surface area (Å²) in [4.78, 5) is 18.8. The van der Waals surface area contributed by atoms with Crippen molar-refractivity contribution in [3.63, 3.8) is 0 Å². The molecule has 0 radical (unpaired) electrons. The molecule has 0 bridgehead atoms. The molecule has 4 nitrogen and oxygen atoms in total. The van der Waals surface area contributed by atoms with Gasteiger partial charge in [0, 0.05) is 12.6 Å². The van der Waals surface area contributed by atoms with Crippen LogP contribution in [0.4, 0.5) is 0 Å². The molecular weight excluding hydrogens is 199 g/mol. The minimum absolute atomic E-state index is 0.127. The number of aliphatic carboxylic acids is 1. The maximum absolute atomic E-state index is 10.6. The average molecular weight is 212 g/mol. The average Bonchev–Trinajstić information content (AvgIpc) is 1.83. The fourth-order valence-corrected chi connectivity index (χ4v) is 1.83. The van der Waals surface area contributed by atoms with E-state index in [1.165, 1.54) is 0 Å². The van der Waals surface area contributed by atoms with Crippen molar-refractivity contribution in [1.29, 1.82) is 0 Å². The number of carboxylic acid groups (broad SMARTS) is 1. The number of hydrogen-bond acceptors (Lipinski definition) is 2. The van der Waals surface area contributed by atoms with E-state index >= 15 is 0 Å². The molecule has 0 saturated heterocycles. The smallest absolute Gasteiger partial charge is 0.303 e. The molecule has 0 aromatic heterocycles. The number of thiol groups is 1. The topological polar surface area (TPSA) is 74.6 Å². The number of carbonyl (C=O) groups is 1. The first kappa shape index (κ1) is 12.0. The van der Waals surface area contributed by atoms with E-state index < -0.39 is 12.5 Å². The van der Waals surface area contributed by atoms with Gasteiger partial charge in [-0.2, -0.15) is 0 Å². The highest BCUT2D eigenvalue weighted by Crippen LogP contribution is 2.46. The van der Waals surface area contributed by atoms with E-state index in [9.17, 15) is 9.36 Å². The van der Waals surface area contributed by atoms with Crippen molar-refractivity contribution in [1.82, 2.24) is 0 Å². The monoisotopic (exact) mass is 212 g/mol. The van der Waals surface area contributed by atoms with Crippen molar-refractivity contribution in [2.24, 2.45) is 0 Å². The van der Waals surface area contributed by atoms with Crippen LogP contribution in [0.1, 0.15) is 25.7 Å². The highest BCUT2D eigenvalue weighted by molar-refractivity contribution is 8.45. The molecule has 0 heterocycles. The van der Waals surface area contributed by atoms with E-state index in [1.807, 2.05) is 0 Å². The lowest BCUT2D eigenvalue weighted by Gasteiger charge is -2.02. The van der Waals surface area contributed by atoms with Crippen LogP contribution in [0, 0.1) is 0 Å². The highest BCUT2D eigenvalue weighted by atomic mass is 32.7. The molecule has 6 heteroatoms. The Morgan fingerprint density at radius 1 is 1.33 bits per heavy atom. The summed E-state index contributed by atoms with van der Waals surface area (Å²) in [7, 11) is 0. The Kier molecular flexibility index (Phi) is 5.63. The van der Waals surface area contributed by atoms with E-state index in [0.29, 0.717) is 19.3 Å². The third-order valence-corrected chi connectivity index (χ3v) is 2.84. The van der Waals surface area contributed by atoms with Crippen molar-refractivity contribution in [2.75, 3.05) is 6.16 Å². The molecule has 0 spiro atoms. The lowest BCUT2D eigenvalue weighted by Crippen LogP contribution is -1.94. The first-order valence-corrected chi connectivity index (χ1v) is 6.68. The largest absolute Gasteiger partial charge is 0.481 e. The number of rotatable bonds is 6. The summed E-state index contributed by atoms with van der Waals surface area (Å²) < 4.78 is 10.6. The minimum atomic E-state index is -3.18. The SMILES string of the molecule is O=C(O)CCCCCP(=O)(O)S. The van der Waals surface area contributed by atoms with Gasteiger partial charge in [0.15, 0.2) is 0 Å². The summed E-state index contributed by atoms with van der Waals surface area (Å²) in [6, 6.07) is 0. The lowest BCUT2D eigenvalue weighted by atomic mass is 10.2. The standard InChI is InChI=1S/C6H13O4PS/c7-6(8)4-2-1-3-5-11(9,10)12/h1-5H2,(H,7,8)(H2,9,10,12). The van der Waals surface area contributed by atoms with Gasteiger partial charge in [-0.3, -0.25) is 9.36 Å². The lowest BCUT2D eigenvalue weighted by molar-refractivity contribution is -0.137. The molecule has 0 aromatic carbocycles. The molecule has 72 valence electrons. The van der Waals surface area contributed by atoms with Gasteiger partial charge < -0.3 is 10.00 Å².